The van der Waals surface area contributed by atoms with Gasteiger partial charge in [0.25, 0.3) is 5.91 Å². The van der Waals surface area contributed by atoms with Crippen molar-refractivity contribution in [1.29, 1.82) is 0 Å². The van der Waals surface area contributed by atoms with Crippen LogP contribution in [0.15, 0.2) is 65.1 Å². The van der Waals surface area contributed by atoms with E-state index in [9.17, 15) is 4.79 Å². The van der Waals surface area contributed by atoms with Gasteiger partial charge in [-0.3, -0.25) is 4.79 Å². The lowest BCUT2D eigenvalue weighted by Gasteiger charge is -2.16. The highest BCUT2D eigenvalue weighted by Crippen LogP contribution is 2.41. The predicted octanol–water partition coefficient (Wildman–Crippen LogP) is 7.38. The lowest BCUT2D eigenvalue weighted by Crippen LogP contribution is -2.26. The Labute approximate surface area is 207 Å². The third kappa shape index (κ3) is 5.10. The van der Waals surface area contributed by atoms with Crippen LogP contribution in [0.4, 0.5) is 5.69 Å². The molecule has 1 amide bonds. The van der Waals surface area contributed by atoms with E-state index in [4.69, 9.17) is 21.1 Å². The SMILES string of the molecule is CCCN1C(=O)/C(=C\c2cc(Br)c(OCc3cccc(Cl)c3)c(OCC)c2)c2ccccc21. The van der Waals surface area contributed by atoms with Crippen LogP contribution in [0.25, 0.3) is 11.6 Å². The molecule has 1 aliphatic rings. The molecule has 0 unspecified atom stereocenters. The Morgan fingerprint density at radius 1 is 1.03 bits per heavy atom. The van der Waals surface area contributed by atoms with E-state index in [1.54, 1.807) is 0 Å². The Kier molecular flexibility index (Phi) is 7.41. The van der Waals surface area contributed by atoms with Gasteiger partial charge in [0.15, 0.2) is 11.5 Å². The summed E-state index contributed by atoms with van der Waals surface area (Å²) in [5.41, 5.74) is 4.41. The number of benzene rings is 3. The van der Waals surface area contributed by atoms with Gasteiger partial charge in [-0.25, -0.2) is 0 Å². The van der Waals surface area contributed by atoms with Crippen LogP contribution in [0.3, 0.4) is 0 Å². The molecule has 3 aromatic rings. The molecule has 33 heavy (non-hydrogen) atoms. The number of fused-ring (bicyclic) bond motifs is 1. The van der Waals surface area contributed by atoms with Crippen LogP contribution >= 0.6 is 27.5 Å². The van der Waals surface area contributed by atoms with Crippen molar-refractivity contribution in [3.8, 4) is 11.5 Å². The molecule has 4 rings (SSSR count). The zero-order valence-corrected chi connectivity index (χ0v) is 20.9. The van der Waals surface area contributed by atoms with E-state index in [2.05, 4.69) is 22.9 Å². The van der Waals surface area contributed by atoms with Crippen molar-refractivity contribution < 1.29 is 14.3 Å². The van der Waals surface area contributed by atoms with Gasteiger partial charge in [-0.05, 0) is 76.8 Å². The molecule has 4 nitrogen and oxygen atoms in total. The van der Waals surface area contributed by atoms with Crippen LogP contribution in [0.5, 0.6) is 11.5 Å². The number of hydrogen-bond acceptors (Lipinski definition) is 3. The molecular formula is C27H25BrClNO3. The highest BCUT2D eigenvalue weighted by Gasteiger charge is 2.31. The van der Waals surface area contributed by atoms with Crippen LogP contribution in [-0.4, -0.2) is 19.1 Å². The number of carbonyl (C=O) groups is 1. The Morgan fingerprint density at radius 3 is 2.61 bits per heavy atom. The van der Waals surface area contributed by atoms with Crippen molar-refractivity contribution in [3.05, 3.63) is 86.8 Å². The van der Waals surface area contributed by atoms with Crippen molar-refractivity contribution in [3.63, 3.8) is 0 Å². The van der Waals surface area contributed by atoms with E-state index in [0.29, 0.717) is 41.9 Å². The van der Waals surface area contributed by atoms with Crippen molar-refractivity contribution >= 4 is 50.8 Å². The number of nitrogens with zero attached hydrogens (tertiary/aromatic N) is 1. The molecule has 0 aromatic heterocycles. The zero-order valence-electron chi connectivity index (χ0n) is 18.6. The summed E-state index contributed by atoms with van der Waals surface area (Å²) < 4.78 is 12.7. The van der Waals surface area contributed by atoms with Gasteiger partial charge in [0.1, 0.15) is 6.61 Å². The molecule has 3 aromatic carbocycles. The van der Waals surface area contributed by atoms with E-state index in [1.807, 2.05) is 78.6 Å². The fourth-order valence-corrected chi connectivity index (χ4v) is 4.70. The summed E-state index contributed by atoms with van der Waals surface area (Å²) in [6.07, 6.45) is 2.82. The molecule has 0 aliphatic carbocycles. The number of ether oxygens (including phenoxy) is 2. The molecule has 0 saturated carbocycles. The number of anilines is 1. The van der Waals surface area contributed by atoms with Crippen molar-refractivity contribution in [2.45, 2.75) is 26.9 Å². The predicted molar refractivity (Wildman–Crippen MR) is 138 cm³/mol. The molecular weight excluding hydrogens is 502 g/mol. The molecule has 1 heterocycles. The molecule has 1 aliphatic heterocycles. The first-order valence-electron chi connectivity index (χ1n) is 11.0. The van der Waals surface area contributed by atoms with Crippen molar-refractivity contribution in [2.75, 3.05) is 18.1 Å². The van der Waals surface area contributed by atoms with E-state index >= 15 is 0 Å². The maximum atomic E-state index is 13.2. The minimum Gasteiger partial charge on any atom is -0.490 e. The molecule has 0 spiro atoms. The largest absolute Gasteiger partial charge is 0.490 e. The van der Waals surface area contributed by atoms with Gasteiger partial charge in [0, 0.05) is 22.7 Å². The maximum Gasteiger partial charge on any atom is 0.258 e. The lowest BCUT2D eigenvalue weighted by atomic mass is 10.0. The van der Waals surface area contributed by atoms with Crippen LogP contribution < -0.4 is 14.4 Å². The number of amides is 1. The normalized spacial score (nSPS) is 14.0. The Balaban J connectivity index is 1.68. The fourth-order valence-electron chi connectivity index (χ4n) is 3.92. The van der Waals surface area contributed by atoms with Crippen LogP contribution in [0.2, 0.25) is 5.02 Å². The van der Waals surface area contributed by atoms with Crippen LogP contribution in [-0.2, 0) is 11.4 Å². The van der Waals surface area contributed by atoms with Gasteiger partial charge in [-0.15, -0.1) is 0 Å². The minimum absolute atomic E-state index is 0.0217. The second-order valence-corrected chi connectivity index (χ2v) is 9.00. The summed E-state index contributed by atoms with van der Waals surface area (Å²) in [6, 6.07) is 19.3. The van der Waals surface area contributed by atoms with Gasteiger partial charge in [0.05, 0.1) is 16.8 Å². The van der Waals surface area contributed by atoms with E-state index in [1.165, 1.54) is 0 Å². The zero-order chi connectivity index (χ0) is 23.4. The molecule has 0 atom stereocenters. The van der Waals surface area contributed by atoms with E-state index in [-0.39, 0.29) is 5.91 Å². The first-order chi connectivity index (χ1) is 16.0. The molecule has 0 saturated heterocycles. The summed E-state index contributed by atoms with van der Waals surface area (Å²) in [5, 5.41) is 0.667. The summed E-state index contributed by atoms with van der Waals surface area (Å²) in [5.74, 6) is 1.25. The maximum absolute atomic E-state index is 13.2. The van der Waals surface area contributed by atoms with Crippen LogP contribution in [0.1, 0.15) is 37.0 Å². The Morgan fingerprint density at radius 2 is 1.85 bits per heavy atom. The second-order valence-electron chi connectivity index (χ2n) is 7.71. The summed E-state index contributed by atoms with van der Waals surface area (Å²) in [7, 11) is 0. The third-order valence-corrected chi connectivity index (χ3v) is 6.15. The van der Waals surface area contributed by atoms with Crippen LogP contribution in [0, 0.1) is 0 Å². The van der Waals surface area contributed by atoms with Gasteiger partial charge < -0.3 is 14.4 Å². The smallest absolute Gasteiger partial charge is 0.258 e. The monoisotopic (exact) mass is 525 g/mol. The molecule has 0 bridgehead atoms. The lowest BCUT2D eigenvalue weighted by molar-refractivity contribution is -0.113. The van der Waals surface area contributed by atoms with Gasteiger partial charge >= 0.3 is 0 Å². The molecule has 0 fully saturated rings. The highest BCUT2D eigenvalue weighted by molar-refractivity contribution is 9.10. The third-order valence-electron chi connectivity index (χ3n) is 5.32. The Bertz CT molecular complexity index is 1210. The Hall–Kier alpha value is -2.76. The first-order valence-corrected chi connectivity index (χ1v) is 12.2. The van der Waals surface area contributed by atoms with E-state index in [0.717, 1.165) is 33.3 Å². The summed E-state index contributed by atoms with van der Waals surface area (Å²) in [4.78, 5) is 15.0. The number of rotatable bonds is 8. The number of halogens is 2. The molecule has 0 radical (unpaired) electrons. The number of para-hydroxylation sites is 1. The van der Waals surface area contributed by atoms with Gasteiger partial charge in [-0.1, -0.05) is 48.9 Å². The fraction of sp³-hybridized carbons (Fsp3) is 0.222. The topological polar surface area (TPSA) is 38.8 Å². The quantitative estimate of drug-likeness (QED) is 0.288. The first kappa shape index (κ1) is 23.4. The summed E-state index contributed by atoms with van der Waals surface area (Å²) >= 11 is 9.72. The number of hydrogen-bond donors (Lipinski definition) is 0. The molecule has 170 valence electrons. The average molecular weight is 527 g/mol. The van der Waals surface area contributed by atoms with E-state index < -0.39 is 0 Å². The molecule has 0 N–H and O–H groups in total. The second kappa shape index (κ2) is 10.4. The van der Waals surface area contributed by atoms with Crippen molar-refractivity contribution in [2.24, 2.45) is 0 Å². The molecule has 6 heteroatoms. The minimum atomic E-state index is 0.0217. The highest BCUT2D eigenvalue weighted by atomic mass is 79.9. The van der Waals surface area contributed by atoms with Crippen molar-refractivity contribution in [1.82, 2.24) is 0 Å². The number of carbonyl (C=O) groups excluding carboxylic acids is 1. The standard InChI is InChI=1S/C27H25BrClNO3/c1-3-12-30-24-11-6-5-10-21(24)22(27(30)31)14-19-15-23(28)26(25(16-19)32-4-2)33-17-18-8-7-9-20(29)13-18/h5-11,13-16H,3-4,12,17H2,1-2H3/b22-14-. The van der Waals surface area contributed by atoms with Gasteiger partial charge in [0.2, 0.25) is 0 Å². The average Bonchev–Trinajstić information content (AvgIpc) is 3.05. The van der Waals surface area contributed by atoms with Gasteiger partial charge in [-0.2, -0.15) is 0 Å². The summed E-state index contributed by atoms with van der Waals surface area (Å²) in [6.45, 7) is 5.55.